The van der Waals surface area contributed by atoms with Crippen LogP contribution in [0.4, 0.5) is 31.2 Å². The van der Waals surface area contributed by atoms with Crippen molar-refractivity contribution in [2.75, 3.05) is 39.8 Å². The standard InChI is InChI=1S/C28H31N3O4S.C26H27N3O4S/c1-3-30(27-29-22(18-36-27)26(32)34-4-2)25-20-13-8-9-15-23(20)31(24-16-10-14-21(24)25)28(33)35-17-19-11-6-5-7-12-19;1-2-32-24(30)20-16-34-25(27-20)28-23-18-11-6-7-13-21(18)29(22-14-8-12-19(22)23)26(31)33-15-17-9-4-3-5-10-17/h5-9,11-13,15,18,21,24-25H,3-4,10,14,16-17H2,1-2H3;3-7,9-11,13,16,19,22-23H,2,8,12,14-15H2,1H3,(H,27,28). The van der Waals surface area contributed by atoms with Gasteiger partial charge in [-0.2, -0.15) is 0 Å². The molecule has 0 radical (unpaired) electrons. The summed E-state index contributed by atoms with van der Waals surface area (Å²) in [5.41, 5.74) is 6.47. The first-order chi connectivity index (χ1) is 34.3. The molecule has 2 amide bonds. The summed E-state index contributed by atoms with van der Waals surface area (Å²) in [4.78, 5) is 66.2. The molecule has 2 aromatic heterocycles. The van der Waals surface area contributed by atoms with Crippen molar-refractivity contribution in [3.8, 4) is 0 Å². The number of fused-ring (bicyclic) bond motifs is 4. The third kappa shape index (κ3) is 10.2. The van der Waals surface area contributed by atoms with E-state index in [1.807, 2.05) is 107 Å². The number of hydrogen-bond acceptors (Lipinski definition) is 14. The summed E-state index contributed by atoms with van der Waals surface area (Å²) < 4.78 is 21.8. The van der Waals surface area contributed by atoms with Crippen LogP contribution in [0.25, 0.3) is 0 Å². The van der Waals surface area contributed by atoms with Crippen LogP contribution in [0.1, 0.15) is 115 Å². The van der Waals surface area contributed by atoms with Gasteiger partial charge in [-0.3, -0.25) is 9.80 Å². The smallest absolute Gasteiger partial charge is 0.414 e. The van der Waals surface area contributed by atoms with Gasteiger partial charge in [-0.1, -0.05) is 110 Å². The maximum absolute atomic E-state index is 13.5. The van der Waals surface area contributed by atoms with Gasteiger partial charge < -0.3 is 29.2 Å². The van der Waals surface area contributed by atoms with Gasteiger partial charge in [0.05, 0.1) is 36.7 Å². The Labute approximate surface area is 416 Å². The Bertz CT molecular complexity index is 2750. The number of rotatable bonds is 13. The van der Waals surface area contributed by atoms with Crippen molar-refractivity contribution in [2.45, 2.75) is 96.7 Å². The molecule has 6 aromatic rings. The second-order valence-electron chi connectivity index (χ2n) is 17.6. The molecule has 10 rings (SSSR count). The van der Waals surface area contributed by atoms with E-state index in [1.54, 1.807) is 24.6 Å². The van der Waals surface area contributed by atoms with Crippen LogP contribution in [-0.4, -0.2) is 65.9 Å². The van der Waals surface area contributed by atoms with Crippen LogP contribution >= 0.6 is 22.7 Å². The first kappa shape index (κ1) is 48.3. The molecule has 0 bridgehead atoms. The van der Waals surface area contributed by atoms with E-state index in [1.165, 1.54) is 22.7 Å². The van der Waals surface area contributed by atoms with Crippen molar-refractivity contribution < 1.29 is 38.1 Å². The zero-order valence-corrected chi connectivity index (χ0v) is 41.2. The molecule has 2 fully saturated rings. The molecule has 4 aromatic carbocycles. The summed E-state index contributed by atoms with van der Waals surface area (Å²) in [6.07, 6.45) is 5.33. The number of hydrogen-bond donors (Lipinski definition) is 1. The van der Waals surface area contributed by atoms with Gasteiger partial charge in [0.25, 0.3) is 0 Å². The first-order valence-electron chi connectivity index (χ1n) is 24.2. The summed E-state index contributed by atoms with van der Waals surface area (Å²) in [7, 11) is 0. The Morgan fingerprint density at radius 2 is 1.10 bits per heavy atom. The average Bonchev–Trinajstić information content (AvgIpc) is 4.25. The molecule has 0 spiro atoms. The van der Waals surface area contributed by atoms with E-state index in [2.05, 4.69) is 39.2 Å². The van der Waals surface area contributed by atoms with Gasteiger partial charge in [-0.15, -0.1) is 22.7 Å². The van der Waals surface area contributed by atoms with Crippen LogP contribution in [0.5, 0.6) is 0 Å². The minimum absolute atomic E-state index is 0.0110. The number of carbonyl (C=O) groups excluding carboxylic acids is 4. The number of thiazole rings is 2. The maximum atomic E-state index is 13.5. The van der Waals surface area contributed by atoms with Crippen LogP contribution in [0.2, 0.25) is 0 Å². The lowest BCUT2D eigenvalue weighted by Gasteiger charge is -2.46. The van der Waals surface area contributed by atoms with E-state index >= 15 is 0 Å². The van der Waals surface area contributed by atoms with Crippen LogP contribution < -0.4 is 20.0 Å². The van der Waals surface area contributed by atoms with Crippen LogP contribution in [0, 0.1) is 11.8 Å². The van der Waals surface area contributed by atoms with E-state index in [4.69, 9.17) is 18.9 Å². The van der Waals surface area contributed by atoms with E-state index in [0.717, 1.165) is 83.8 Å². The molecule has 4 aliphatic rings. The second kappa shape index (κ2) is 22.3. The molecule has 1 N–H and O–H groups in total. The highest BCUT2D eigenvalue weighted by Gasteiger charge is 2.49. The van der Waals surface area contributed by atoms with E-state index < -0.39 is 11.9 Å². The van der Waals surface area contributed by atoms with Crippen LogP contribution in [-0.2, 0) is 32.2 Å². The molecule has 2 aliphatic carbocycles. The molecular formula is C54H58N6O8S2. The fourth-order valence-electron chi connectivity index (χ4n) is 10.6. The third-order valence-electron chi connectivity index (χ3n) is 13.6. The van der Waals surface area contributed by atoms with Crippen molar-refractivity contribution >= 4 is 68.4 Å². The molecule has 2 saturated carbocycles. The largest absolute Gasteiger partial charge is 0.461 e. The van der Waals surface area contributed by atoms with Crippen molar-refractivity contribution in [1.29, 1.82) is 0 Å². The highest BCUT2D eigenvalue weighted by atomic mass is 32.1. The van der Waals surface area contributed by atoms with Crippen molar-refractivity contribution in [3.63, 3.8) is 0 Å². The Kier molecular flexibility index (Phi) is 15.4. The number of aromatic nitrogens is 2. The van der Waals surface area contributed by atoms with E-state index in [-0.39, 0.29) is 61.4 Å². The summed E-state index contributed by atoms with van der Waals surface area (Å²) in [5, 5.41) is 8.52. The van der Waals surface area contributed by atoms with Gasteiger partial charge in [-0.25, -0.2) is 29.1 Å². The van der Waals surface area contributed by atoms with Crippen LogP contribution in [0.15, 0.2) is 120 Å². The lowest BCUT2D eigenvalue weighted by molar-refractivity contribution is 0.0511. The number of benzene rings is 4. The number of anilines is 4. The Morgan fingerprint density at radius 1 is 0.600 bits per heavy atom. The number of esters is 2. The van der Waals surface area contributed by atoms with Crippen molar-refractivity contribution in [3.05, 3.63) is 154 Å². The lowest BCUT2D eigenvalue weighted by atomic mass is 9.82. The third-order valence-corrected chi connectivity index (χ3v) is 15.2. The van der Waals surface area contributed by atoms with Crippen molar-refractivity contribution in [1.82, 2.24) is 9.97 Å². The highest BCUT2D eigenvalue weighted by molar-refractivity contribution is 7.14. The van der Waals surface area contributed by atoms with Gasteiger partial charge >= 0.3 is 24.1 Å². The minimum atomic E-state index is -0.415. The fraction of sp³-hybridized carbons (Fsp3) is 0.370. The van der Waals surface area contributed by atoms with Crippen molar-refractivity contribution in [2.24, 2.45) is 11.8 Å². The van der Waals surface area contributed by atoms with Crippen LogP contribution in [0.3, 0.4) is 0 Å². The minimum Gasteiger partial charge on any atom is -0.461 e. The number of nitrogens with zero attached hydrogens (tertiary/aromatic N) is 5. The lowest BCUT2D eigenvalue weighted by Crippen LogP contribution is -2.51. The normalized spacial score (nSPS) is 20.6. The Balaban J connectivity index is 0.000000174. The van der Waals surface area contributed by atoms with Gasteiger partial charge in [-0.05, 0) is 80.8 Å². The Hall–Kier alpha value is -6.78. The number of nitrogens with one attached hydrogen (secondary N) is 1. The molecule has 364 valence electrons. The van der Waals surface area contributed by atoms with Gasteiger partial charge in [0.2, 0.25) is 0 Å². The quantitative estimate of drug-likeness (QED) is 0.0865. The molecular weight excluding hydrogens is 925 g/mol. The van der Waals surface area contributed by atoms with E-state index in [0.29, 0.717) is 29.7 Å². The topological polar surface area (TPSA) is 153 Å². The summed E-state index contributed by atoms with van der Waals surface area (Å²) in [6, 6.07) is 35.7. The SMILES string of the molecule is CCOC(=O)c1csc(N(CC)C2c3ccccc3N(C(=O)OCc3ccccc3)C3CCCC23)n1.CCOC(=O)c1csc(NC2c3ccccc3N(C(=O)OCc3ccccc3)C3CCCC23)n1. The molecule has 6 unspecified atom stereocenters. The van der Waals surface area contributed by atoms with E-state index in [9.17, 15) is 19.2 Å². The highest BCUT2D eigenvalue weighted by Crippen LogP contribution is 2.52. The first-order valence-corrected chi connectivity index (χ1v) is 26.0. The van der Waals surface area contributed by atoms with Gasteiger partial charge in [0, 0.05) is 41.2 Å². The summed E-state index contributed by atoms with van der Waals surface area (Å²) >= 11 is 2.85. The fourth-order valence-corrected chi connectivity index (χ4v) is 12.2. The summed E-state index contributed by atoms with van der Waals surface area (Å²) in [5.74, 6) is -0.360. The number of ether oxygens (including phenoxy) is 4. The molecule has 70 heavy (non-hydrogen) atoms. The van der Waals surface area contributed by atoms with Gasteiger partial charge in [0.15, 0.2) is 21.7 Å². The average molecular weight is 983 g/mol. The maximum Gasteiger partial charge on any atom is 0.414 e. The number of amides is 2. The molecule has 0 saturated heterocycles. The zero-order valence-electron chi connectivity index (χ0n) is 39.6. The predicted molar refractivity (Wildman–Crippen MR) is 272 cm³/mol. The Morgan fingerprint density at radius 3 is 1.69 bits per heavy atom. The number of para-hydroxylation sites is 2. The number of carbonyl (C=O) groups is 4. The van der Waals surface area contributed by atoms with Gasteiger partial charge in [0.1, 0.15) is 13.2 Å². The zero-order chi connectivity index (χ0) is 48.6. The molecule has 14 nitrogen and oxygen atoms in total. The molecule has 16 heteroatoms. The molecule has 2 aliphatic heterocycles. The second-order valence-corrected chi connectivity index (χ2v) is 19.3. The molecule has 6 atom stereocenters. The predicted octanol–water partition coefficient (Wildman–Crippen LogP) is 12.0. The molecule has 4 heterocycles. The monoisotopic (exact) mass is 982 g/mol. The summed E-state index contributed by atoms with van der Waals surface area (Å²) in [6.45, 7) is 7.53.